The zero-order chi connectivity index (χ0) is 24.7. The van der Waals surface area contributed by atoms with Crippen molar-refractivity contribution < 1.29 is 22.8 Å². The zero-order valence-corrected chi connectivity index (χ0v) is 19.5. The van der Waals surface area contributed by atoms with Crippen LogP contribution in [-0.2, 0) is 24.1 Å². The fourth-order valence-electron chi connectivity index (χ4n) is 3.42. The average molecular weight is 487 g/mol. The Balaban J connectivity index is 1.83. The summed E-state index contributed by atoms with van der Waals surface area (Å²) in [5, 5.41) is 1.96. The fraction of sp³-hybridized carbons (Fsp3) is 0.231. The normalized spacial score (nSPS) is 11.2. The summed E-state index contributed by atoms with van der Waals surface area (Å²) < 4.78 is 39.3. The van der Waals surface area contributed by atoms with Gasteiger partial charge in [0.2, 0.25) is 5.91 Å². The molecule has 34 heavy (non-hydrogen) atoms. The molecule has 0 saturated heterocycles. The lowest BCUT2D eigenvalue weighted by Crippen LogP contribution is -2.42. The largest absolute Gasteiger partial charge is 0.416 e. The first-order valence-corrected chi connectivity index (χ1v) is 11.5. The first-order chi connectivity index (χ1) is 16.2. The number of thiophene rings is 1. The Bertz CT molecular complexity index is 1140. The van der Waals surface area contributed by atoms with Crippen LogP contribution in [0.25, 0.3) is 0 Å². The second-order valence-corrected chi connectivity index (χ2v) is 8.82. The van der Waals surface area contributed by atoms with Gasteiger partial charge in [0.15, 0.2) is 0 Å². The molecule has 0 saturated carbocycles. The van der Waals surface area contributed by atoms with Gasteiger partial charge in [0.25, 0.3) is 5.91 Å². The van der Waals surface area contributed by atoms with E-state index in [9.17, 15) is 22.8 Å². The van der Waals surface area contributed by atoms with E-state index in [0.717, 1.165) is 28.1 Å². The third-order valence-electron chi connectivity index (χ3n) is 5.27. The Morgan fingerprint density at radius 1 is 1.00 bits per heavy atom. The zero-order valence-electron chi connectivity index (χ0n) is 18.7. The lowest BCUT2D eigenvalue weighted by atomic mass is 10.1. The molecule has 0 bridgehead atoms. The predicted molar refractivity (Wildman–Crippen MR) is 127 cm³/mol. The summed E-state index contributed by atoms with van der Waals surface area (Å²) in [6.07, 6.45) is -3.12. The molecule has 178 valence electrons. The molecule has 0 aliphatic rings. The SMILES string of the molecule is C=CCN(CC(=O)N(Cc1ccccc1)Cc1sccc1C)C(=O)c1cccc(C(F)(F)F)c1. The number of halogens is 3. The second-order valence-electron chi connectivity index (χ2n) is 7.82. The third-order valence-corrected chi connectivity index (χ3v) is 6.28. The van der Waals surface area contributed by atoms with E-state index in [1.807, 2.05) is 48.7 Å². The molecule has 0 aliphatic heterocycles. The first-order valence-electron chi connectivity index (χ1n) is 10.6. The first kappa shape index (κ1) is 25.2. The summed E-state index contributed by atoms with van der Waals surface area (Å²) in [7, 11) is 0. The predicted octanol–water partition coefficient (Wildman–Crippen LogP) is 5.93. The van der Waals surface area contributed by atoms with Crippen LogP contribution in [-0.4, -0.2) is 34.7 Å². The van der Waals surface area contributed by atoms with Gasteiger partial charge in [0, 0.05) is 23.5 Å². The van der Waals surface area contributed by atoms with Crippen molar-refractivity contribution in [2.45, 2.75) is 26.2 Å². The highest BCUT2D eigenvalue weighted by Crippen LogP contribution is 2.30. The highest BCUT2D eigenvalue weighted by atomic mass is 32.1. The van der Waals surface area contributed by atoms with Crippen LogP contribution in [0.4, 0.5) is 13.2 Å². The maximum Gasteiger partial charge on any atom is 0.416 e. The molecule has 3 rings (SSSR count). The van der Waals surface area contributed by atoms with E-state index in [2.05, 4.69) is 6.58 Å². The summed E-state index contributed by atoms with van der Waals surface area (Å²) >= 11 is 1.54. The molecule has 1 aromatic heterocycles. The maximum absolute atomic E-state index is 13.4. The summed E-state index contributed by atoms with van der Waals surface area (Å²) in [4.78, 5) is 30.3. The summed E-state index contributed by atoms with van der Waals surface area (Å²) in [6, 6.07) is 15.7. The standard InChI is InChI=1S/C26H25F3N2O2S/c1-3-13-30(25(33)21-10-7-11-22(15-21)26(27,28)29)18-24(32)31(16-20-8-5-4-6-9-20)17-23-19(2)12-14-34-23/h3-12,14-15H,1,13,16-18H2,2H3. The average Bonchev–Trinajstić information content (AvgIpc) is 3.22. The van der Waals surface area contributed by atoms with E-state index < -0.39 is 17.6 Å². The minimum absolute atomic E-state index is 0.0258. The van der Waals surface area contributed by atoms with E-state index >= 15 is 0 Å². The number of nitrogens with zero attached hydrogens (tertiary/aromatic N) is 2. The van der Waals surface area contributed by atoms with Crippen LogP contribution >= 0.6 is 11.3 Å². The molecule has 0 aliphatic carbocycles. The van der Waals surface area contributed by atoms with Gasteiger partial charge in [0.05, 0.1) is 12.1 Å². The molecule has 4 nitrogen and oxygen atoms in total. The number of carbonyl (C=O) groups excluding carboxylic acids is 2. The van der Waals surface area contributed by atoms with Crippen molar-refractivity contribution in [3.05, 3.63) is 106 Å². The van der Waals surface area contributed by atoms with Crippen molar-refractivity contribution in [1.29, 1.82) is 0 Å². The van der Waals surface area contributed by atoms with Crippen molar-refractivity contribution in [3.8, 4) is 0 Å². The van der Waals surface area contributed by atoms with Crippen LogP contribution < -0.4 is 0 Å². The van der Waals surface area contributed by atoms with Crippen LogP contribution in [0.1, 0.15) is 31.9 Å². The van der Waals surface area contributed by atoms with Crippen LogP contribution in [0.2, 0.25) is 0 Å². The topological polar surface area (TPSA) is 40.6 Å². The van der Waals surface area contributed by atoms with Gasteiger partial charge in [-0.1, -0.05) is 42.5 Å². The molecule has 0 N–H and O–H groups in total. The molecule has 2 aromatic carbocycles. The third kappa shape index (κ3) is 6.57. The van der Waals surface area contributed by atoms with E-state index in [0.29, 0.717) is 13.1 Å². The molecule has 0 radical (unpaired) electrons. The number of benzene rings is 2. The summed E-state index contributed by atoms with van der Waals surface area (Å²) in [5.41, 5.74) is 0.957. The van der Waals surface area contributed by atoms with Gasteiger partial charge < -0.3 is 9.80 Å². The van der Waals surface area contributed by atoms with Crippen LogP contribution in [0.5, 0.6) is 0 Å². The molecule has 0 unspecified atom stereocenters. The number of carbonyl (C=O) groups is 2. The highest BCUT2D eigenvalue weighted by Gasteiger charge is 2.31. The molecule has 2 amide bonds. The van der Waals surface area contributed by atoms with Gasteiger partial charge in [0.1, 0.15) is 6.54 Å². The Labute approximate surface area is 200 Å². The van der Waals surface area contributed by atoms with Crippen molar-refractivity contribution in [1.82, 2.24) is 9.80 Å². The summed E-state index contributed by atoms with van der Waals surface area (Å²) in [6.45, 7) is 6.06. The number of hydrogen-bond acceptors (Lipinski definition) is 3. The quantitative estimate of drug-likeness (QED) is 0.352. The Morgan fingerprint density at radius 3 is 2.35 bits per heavy atom. The minimum atomic E-state index is -4.57. The Hall–Kier alpha value is -3.39. The molecule has 3 aromatic rings. The number of alkyl halides is 3. The maximum atomic E-state index is 13.4. The van der Waals surface area contributed by atoms with Crippen LogP contribution in [0.3, 0.4) is 0 Å². The molecular weight excluding hydrogens is 461 g/mol. The van der Waals surface area contributed by atoms with Gasteiger partial charge in [-0.05, 0) is 47.7 Å². The van der Waals surface area contributed by atoms with Crippen molar-refractivity contribution in [2.75, 3.05) is 13.1 Å². The lowest BCUT2D eigenvalue weighted by molar-refractivity contribution is -0.137. The number of amides is 2. The van der Waals surface area contributed by atoms with Gasteiger partial charge in [-0.15, -0.1) is 17.9 Å². The van der Waals surface area contributed by atoms with E-state index in [1.165, 1.54) is 23.1 Å². The van der Waals surface area contributed by atoms with Crippen LogP contribution in [0.15, 0.2) is 78.7 Å². The van der Waals surface area contributed by atoms with Crippen molar-refractivity contribution >= 4 is 23.2 Å². The molecule has 1 heterocycles. The Kier molecular flexibility index (Phi) is 8.28. The van der Waals surface area contributed by atoms with Gasteiger partial charge >= 0.3 is 6.18 Å². The van der Waals surface area contributed by atoms with Gasteiger partial charge in [-0.25, -0.2) is 0 Å². The molecule has 8 heteroatoms. The van der Waals surface area contributed by atoms with E-state index in [4.69, 9.17) is 0 Å². The van der Waals surface area contributed by atoms with Crippen molar-refractivity contribution in [2.24, 2.45) is 0 Å². The summed E-state index contributed by atoms with van der Waals surface area (Å²) in [5.74, 6) is -0.967. The number of rotatable bonds is 9. The molecule has 0 fully saturated rings. The van der Waals surface area contributed by atoms with Crippen molar-refractivity contribution in [3.63, 3.8) is 0 Å². The molecular formula is C26H25F3N2O2S. The van der Waals surface area contributed by atoms with Crippen LogP contribution in [0, 0.1) is 6.92 Å². The number of aryl methyl sites for hydroxylation is 1. The molecule has 0 spiro atoms. The monoisotopic (exact) mass is 486 g/mol. The van der Waals surface area contributed by atoms with Gasteiger partial charge in [-0.3, -0.25) is 9.59 Å². The minimum Gasteiger partial charge on any atom is -0.332 e. The van der Waals surface area contributed by atoms with E-state index in [-0.39, 0.29) is 24.6 Å². The number of hydrogen-bond donors (Lipinski definition) is 0. The molecule has 0 atom stereocenters. The second kappa shape index (κ2) is 11.2. The van der Waals surface area contributed by atoms with E-state index in [1.54, 1.807) is 16.2 Å². The Morgan fingerprint density at radius 2 is 1.74 bits per heavy atom. The highest BCUT2D eigenvalue weighted by molar-refractivity contribution is 7.10. The lowest BCUT2D eigenvalue weighted by Gasteiger charge is -2.27. The fourth-order valence-corrected chi connectivity index (χ4v) is 4.35. The smallest absolute Gasteiger partial charge is 0.332 e. The van der Waals surface area contributed by atoms with Gasteiger partial charge in [-0.2, -0.15) is 13.2 Å².